The fourth-order valence-corrected chi connectivity index (χ4v) is 12.3. The van der Waals surface area contributed by atoms with Crippen LogP contribution in [0.15, 0.2) is 91.0 Å². The number of rotatable bonds is 20. The number of thiophene rings is 1. The summed E-state index contributed by atoms with van der Waals surface area (Å²) in [5.41, 5.74) is -2.95. The first-order chi connectivity index (χ1) is 40.5. The number of nitrogens with one attached hydrogen (secondary N) is 3. The molecule has 0 bridgehead atoms. The lowest BCUT2D eigenvalue weighted by Gasteiger charge is -2.43. The minimum Gasteiger partial charge on any atom is -0.484 e. The highest BCUT2D eigenvalue weighted by atomic mass is 32.1. The Morgan fingerprint density at radius 1 is 0.871 bits per heavy atom. The van der Waals surface area contributed by atoms with Crippen LogP contribution in [0, 0.1) is 17.3 Å². The zero-order valence-corrected chi connectivity index (χ0v) is 49.0. The lowest BCUT2D eigenvalue weighted by atomic mass is 9.84. The second kappa shape index (κ2) is 26.3. The van der Waals surface area contributed by atoms with Crippen LogP contribution >= 0.6 is 18.9 Å². The molecule has 448 valence electrons. The topological polar surface area (TPSA) is 258 Å². The van der Waals surface area contributed by atoms with Crippen molar-refractivity contribution in [3.63, 3.8) is 0 Å². The molecular formula is C62H67F2N6O13PS. The van der Waals surface area contributed by atoms with Crippen molar-refractivity contribution in [2.45, 2.75) is 128 Å². The third-order valence-corrected chi connectivity index (χ3v) is 17.7. The summed E-state index contributed by atoms with van der Waals surface area (Å²) in [5, 5.41) is 8.11. The molecule has 9 rings (SSSR count). The quantitative estimate of drug-likeness (QED) is 0.0215. The number of nitrogens with zero attached hydrogens (tertiary/aromatic N) is 3. The van der Waals surface area contributed by atoms with Gasteiger partial charge in [0.05, 0.1) is 29.2 Å². The Kier molecular flexibility index (Phi) is 19.1. The number of carbonyl (C=O) groups is 8. The molecule has 5 heterocycles. The molecule has 2 saturated heterocycles. The van der Waals surface area contributed by atoms with Crippen LogP contribution in [-0.2, 0) is 51.9 Å². The Hall–Kier alpha value is -7.67. The van der Waals surface area contributed by atoms with E-state index in [1.165, 1.54) is 17.0 Å². The average molecular weight is 1210 g/mol. The van der Waals surface area contributed by atoms with Gasteiger partial charge < -0.3 is 39.7 Å². The first-order valence-corrected chi connectivity index (χ1v) is 30.8. The molecule has 4 atom stereocenters. The standard InChI is InChI=1S/C62H67F2N6O13PS/c1-61(2,3)54(67-56(74)51-34-41-31-43(21-25-50(41)85-51)62(63,64)84(79,80)81)60(78)69-35-42-32-44(22-20-40(42)33-48(69)59(77)68-28-29-82-49(36-68)39-17-13-11-14-18-39)83-37-53(72)65-27-15-10-8-6-4-5-7-9-12-16-38-19-23-45-46(30-38)58(76)70(57(45)75)47-24-26-52(71)66-55(47)73/h11,13-14,17-23,25,30-32,34,47-49,54H,4-10,15,24,26-29,33,35-37H2,1-3H3,(H,65,72)(H,67,74)(H,66,71,73)(H2,79,80,81)/t47?,48-,49?,54+/m0/s1. The summed E-state index contributed by atoms with van der Waals surface area (Å²) in [6.45, 7) is 6.25. The largest absolute Gasteiger partial charge is 0.484 e. The van der Waals surface area contributed by atoms with E-state index in [0.29, 0.717) is 34.5 Å². The highest BCUT2D eigenvalue weighted by molar-refractivity contribution is 7.52. The Balaban J connectivity index is 0.758. The predicted octanol–water partition coefficient (Wildman–Crippen LogP) is 7.90. The predicted molar refractivity (Wildman–Crippen MR) is 310 cm³/mol. The van der Waals surface area contributed by atoms with Crippen LogP contribution in [0.3, 0.4) is 0 Å². The van der Waals surface area contributed by atoms with Gasteiger partial charge in [0.25, 0.3) is 23.6 Å². The minimum absolute atomic E-state index is 0.0434. The second-order valence-electron chi connectivity index (χ2n) is 22.8. The molecule has 19 nitrogen and oxygen atoms in total. The number of hydrogen-bond donors (Lipinski definition) is 5. The molecule has 23 heteroatoms. The molecule has 8 amide bonds. The van der Waals surface area contributed by atoms with E-state index in [4.69, 9.17) is 9.47 Å². The first-order valence-electron chi connectivity index (χ1n) is 28.4. The molecule has 0 saturated carbocycles. The maximum Gasteiger partial charge on any atom is 0.399 e. The normalized spacial score (nSPS) is 18.5. The number of piperidine rings is 1. The molecule has 2 unspecified atom stereocenters. The van der Waals surface area contributed by atoms with Gasteiger partial charge in [-0.15, -0.1) is 11.3 Å². The fraction of sp³-hybridized carbons (Fsp3) is 0.419. The van der Waals surface area contributed by atoms with Gasteiger partial charge >= 0.3 is 13.3 Å². The highest BCUT2D eigenvalue weighted by Crippen LogP contribution is 2.59. The average Bonchev–Trinajstić information content (AvgIpc) is 4.28. The van der Waals surface area contributed by atoms with Crippen molar-refractivity contribution in [3.8, 4) is 17.6 Å². The van der Waals surface area contributed by atoms with Gasteiger partial charge in [-0.3, -0.25) is 53.1 Å². The van der Waals surface area contributed by atoms with Crippen molar-refractivity contribution in [1.29, 1.82) is 0 Å². The van der Waals surface area contributed by atoms with Crippen LogP contribution in [0.5, 0.6) is 5.75 Å². The van der Waals surface area contributed by atoms with E-state index in [1.54, 1.807) is 56.0 Å². The third kappa shape index (κ3) is 14.4. The number of unbranched alkanes of at least 4 members (excludes halogenated alkanes) is 7. The van der Waals surface area contributed by atoms with Gasteiger partial charge in [-0.05, 0) is 95.3 Å². The lowest BCUT2D eigenvalue weighted by molar-refractivity contribution is -0.153. The highest BCUT2D eigenvalue weighted by Gasteiger charge is 2.51. The molecule has 4 aliphatic rings. The zero-order chi connectivity index (χ0) is 60.8. The SMILES string of the molecule is CC(C)(C)[C@H](NC(=O)c1cc2cc(C(F)(F)P(=O)(O)O)ccc2s1)C(=O)N1Cc2cc(OCC(=O)NCCCCCCCCCC#Cc3ccc4c(c3)C(=O)N(C3CCC(=O)NC3=O)C4=O)ccc2C[C@H]1C(=O)N1CCOC(c2ccccc2)C1. The summed E-state index contributed by atoms with van der Waals surface area (Å²) in [4.78, 5) is 130. The van der Waals surface area contributed by atoms with E-state index in [-0.39, 0.29) is 85.3 Å². The number of fused-ring (bicyclic) bond motifs is 3. The summed E-state index contributed by atoms with van der Waals surface area (Å²) >= 11 is 0.953. The van der Waals surface area contributed by atoms with Gasteiger partial charge in [-0.2, -0.15) is 8.78 Å². The van der Waals surface area contributed by atoms with Crippen LogP contribution in [0.2, 0.25) is 0 Å². The number of ether oxygens (including phenoxy) is 2. The molecule has 4 aliphatic heterocycles. The van der Waals surface area contributed by atoms with Crippen molar-refractivity contribution in [3.05, 3.63) is 135 Å². The van der Waals surface area contributed by atoms with Crippen LogP contribution < -0.4 is 20.7 Å². The van der Waals surface area contributed by atoms with Gasteiger partial charge in [-0.1, -0.05) is 107 Å². The van der Waals surface area contributed by atoms with Crippen LogP contribution in [0.1, 0.15) is 149 Å². The Morgan fingerprint density at radius 3 is 2.33 bits per heavy atom. The van der Waals surface area contributed by atoms with Crippen molar-refractivity contribution in [1.82, 2.24) is 30.7 Å². The molecule has 0 spiro atoms. The summed E-state index contributed by atoms with van der Waals surface area (Å²) in [6.07, 6.45) is 7.13. The van der Waals surface area contributed by atoms with E-state index in [0.717, 1.165) is 84.4 Å². The zero-order valence-electron chi connectivity index (χ0n) is 47.3. The molecule has 85 heavy (non-hydrogen) atoms. The first kappa shape index (κ1) is 61.9. The minimum atomic E-state index is -5.86. The molecule has 0 aliphatic carbocycles. The molecular weight excluding hydrogens is 1140 g/mol. The Bertz CT molecular complexity index is 3540. The number of amides is 8. The van der Waals surface area contributed by atoms with Gasteiger partial charge in [-0.25, -0.2) is 0 Å². The van der Waals surface area contributed by atoms with Gasteiger partial charge in [0.2, 0.25) is 23.6 Å². The van der Waals surface area contributed by atoms with E-state index in [1.807, 2.05) is 36.4 Å². The van der Waals surface area contributed by atoms with Gasteiger partial charge in [0.15, 0.2) is 6.61 Å². The number of benzene rings is 4. The maximum absolute atomic E-state index is 15.1. The van der Waals surface area contributed by atoms with Crippen LogP contribution in [0.4, 0.5) is 8.78 Å². The fourth-order valence-electron chi connectivity index (χ4n) is 10.9. The van der Waals surface area contributed by atoms with Crippen molar-refractivity contribution in [2.24, 2.45) is 5.41 Å². The third-order valence-electron chi connectivity index (χ3n) is 15.6. The van der Waals surface area contributed by atoms with Crippen molar-refractivity contribution in [2.75, 3.05) is 32.8 Å². The number of morpholine rings is 1. The van der Waals surface area contributed by atoms with Crippen molar-refractivity contribution >= 4 is 76.3 Å². The second-order valence-corrected chi connectivity index (χ2v) is 25.5. The molecule has 5 N–H and O–H groups in total. The number of halogens is 2. The summed E-state index contributed by atoms with van der Waals surface area (Å²) in [7, 11) is -5.86. The number of hydrogen-bond acceptors (Lipinski definition) is 12. The number of carbonyl (C=O) groups excluding carboxylic acids is 8. The van der Waals surface area contributed by atoms with Gasteiger partial charge in [0.1, 0.15) is 30.0 Å². The van der Waals surface area contributed by atoms with Gasteiger partial charge in [0, 0.05) is 54.7 Å². The van der Waals surface area contributed by atoms with Crippen LogP contribution in [0.25, 0.3) is 10.1 Å². The van der Waals surface area contributed by atoms with E-state index < -0.39 is 83.9 Å². The van der Waals surface area contributed by atoms with E-state index in [2.05, 4.69) is 27.8 Å². The molecule has 1 aromatic heterocycles. The molecule has 5 aromatic rings. The smallest absolute Gasteiger partial charge is 0.399 e. The molecule has 0 radical (unpaired) electrons. The summed E-state index contributed by atoms with van der Waals surface area (Å²) < 4.78 is 53.4. The number of imide groups is 2. The number of alkyl halides is 2. The monoisotopic (exact) mass is 1200 g/mol. The Labute approximate surface area is 494 Å². The van der Waals surface area contributed by atoms with Crippen molar-refractivity contribution < 1.29 is 71.0 Å². The maximum atomic E-state index is 15.1. The lowest BCUT2D eigenvalue weighted by Crippen LogP contribution is -2.61. The molecule has 4 aromatic carbocycles. The van der Waals surface area contributed by atoms with E-state index in [9.17, 15) is 56.7 Å². The summed E-state index contributed by atoms with van der Waals surface area (Å²) in [5.74, 6) is 2.51. The summed E-state index contributed by atoms with van der Waals surface area (Å²) in [6, 6.07) is 20.8. The Morgan fingerprint density at radius 2 is 1.60 bits per heavy atom. The molecule has 2 fully saturated rings. The van der Waals surface area contributed by atoms with Crippen LogP contribution in [-0.4, -0.2) is 123 Å². The van der Waals surface area contributed by atoms with E-state index >= 15 is 4.79 Å².